The predicted molar refractivity (Wildman–Crippen MR) is 105 cm³/mol. The van der Waals surface area contributed by atoms with Crippen LogP contribution >= 0.6 is 15.8 Å². The van der Waals surface area contributed by atoms with Crippen LogP contribution in [-0.4, -0.2) is 48.0 Å². The van der Waals surface area contributed by atoms with Crippen LogP contribution in [0.2, 0.25) is 0 Å². The van der Waals surface area contributed by atoms with Crippen LogP contribution in [0.3, 0.4) is 0 Å². The van der Waals surface area contributed by atoms with Gasteiger partial charge >= 0.3 is 33.9 Å². The van der Waals surface area contributed by atoms with Crippen LogP contribution in [0.15, 0.2) is 0 Å². The first-order valence-corrected chi connectivity index (χ1v) is 12.3. The molecule has 0 aromatic rings. The Morgan fingerprint density at radius 3 is 1.11 bits per heavy atom. The monoisotopic (exact) mass is 519 g/mol. The Hall–Kier alpha value is 1.04. The van der Waals surface area contributed by atoms with Crippen LogP contribution in [0.25, 0.3) is 0 Å². The summed E-state index contributed by atoms with van der Waals surface area (Å²) in [4.78, 5) is 0. The van der Waals surface area contributed by atoms with Gasteiger partial charge in [-0.3, -0.25) is 0 Å². The van der Waals surface area contributed by atoms with Gasteiger partial charge in [-0.05, 0) is 73.7 Å². The molecule has 4 atom stereocenters. The zero-order chi connectivity index (χ0) is 19.8. The summed E-state index contributed by atoms with van der Waals surface area (Å²) in [7, 11) is 0.662. The predicted octanol–water partition coefficient (Wildman–Crippen LogP) is 1.57. The summed E-state index contributed by atoms with van der Waals surface area (Å²) >= 11 is 0. The Morgan fingerprint density at radius 1 is 0.667 bits per heavy atom. The number of nitrogens with one attached hydrogen (secondary N) is 1. The Balaban J connectivity index is -0.000000301. The molecule has 0 aromatic heterocycles. The molecule has 2 aliphatic heterocycles. The Labute approximate surface area is 190 Å². The second-order valence-electron chi connectivity index (χ2n) is 6.78. The average Bonchev–Trinajstić information content (AvgIpc) is 3.15. The van der Waals surface area contributed by atoms with Crippen molar-refractivity contribution < 1.29 is 48.0 Å². The van der Waals surface area contributed by atoms with Crippen molar-refractivity contribution in [3.8, 4) is 0 Å². The van der Waals surface area contributed by atoms with Gasteiger partial charge in [0.2, 0.25) is 0 Å². The summed E-state index contributed by atoms with van der Waals surface area (Å²) < 4.78 is 22.5. The van der Waals surface area contributed by atoms with E-state index >= 15 is 0 Å². The number of hydrogen-bond donors (Lipinski definition) is 1. The van der Waals surface area contributed by atoms with Crippen molar-refractivity contribution >= 4 is 15.8 Å². The summed E-state index contributed by atoms with van der Waals surface area (Å²) in [5.41, 5.74) is 4.13. The standard InChI is InChI=1S/C16H33NP2.3CO.BrH.Mn/c1-13-5-6-14(2)18(13)11-9-17-10-12-19-15(3)7-8-16(19)4;3*1-2;;/h13-17H,5-12H2,1-4H3;;;;1H;/p-1/t13-,14-,15-,16-;;;;;/m1...../s1. The van der Waals surface area contributed by atoms with Crippen molar-refractivity contribution in [2.45, 2.75) is 76.0 Å². The maximum absolute atomic E-state index is 7.50. The van der Waals surface area contributed by atoms with Crippen LogP contribution in [-0.2, 0) is 31.0 Å². The molecule has 0 spiro atoms. The van der Waals surface area contributed by atoms with E-state index in [0.29, 0.717) is 15.8 Å². The van der Waals surface area contributed by atoms with E-state index in [2.05, 4.69) is 53.0 Å². The third-order valence-corrected chi connectivity index (χ3v) is 12.4. The molecule has 0 saturated carbocycles. The van der Waals surface area contributed by atoms with Gasteiger partial charge in [-0.15, -0.1) is 0 Å². The molecule has 2 fully saturated rings. The van der Waals surface area contributed by atoms with Crippen molar-refractivity contribution in [3.05, 3.63) is 20.0 Å². The smallest absolute Gasteiger partial charge is 0 e. The van der Waals surface area contributed by atoms with Gasteiger partial charge in [-0.1, -0.05) is 43.5 Å². The molecule has 1 N–H and O–H groups in total. The van der Waals surface area contributed by atoms with E-state index in [9.17, 15) is 0 Å². The van der Waals surface area contributed by atoms with E-state index in [4.69, 9.17) is 14.0 Å². The molecule has 0 aliphatic carbocycles. The third-order valence-electron chi connectivity index (χ3n) is 5.36. The van der Waals surface area contributed by atoms with Gasteiger partial charge in [0.1, 0.15) is 0 Å². The fraction of sp³-hybridized carbons (Fsp3) is 0.842. The van der Waals surface area contributed by atoms with Gasteiger partial charge in [-0.25, -0.2) is 0 Å². The SMILES string of the molecule is C[C@@H]1CC[C@@H](C)P1CCNCCP1[C@H](C)CC[C@H]1C.[Br-].[C-]#[O+].[C-]#[O+].[C-]#[O+].[Mn]. The van der Waals surface area contributed by atoms with Crippen molar-refractivity contribution in [2.75, 3.05) is 25.4 Å². The molecular weight excluding hydrogens is 487 g/mol. The molecule has 0 bridgehead atoms. The van der Waals surface area contributed by atoms with E-state index in [1.807, 2.05) is 0 Å². The molecule has 27 heavy (non-hydrogen) atoms. The van der Waals surface area contributed by atoms with Gasteiger partial charge in [0.15, 0.2) is 0 Å². The summed E-state index contributed by atoms with van der Waals surface area (Å²) in [6.07, 6.45) is 8.92. The van der Waals surface area contributed by atoms with Crippen LogP contribution in [0.1, 0.15) is 53.4 Å². The summed E-state index contributed by atoms with van der Waals surface area (Å²) in [5, 5.41) is 3.75. The Morgan fingerprint density at radius 2 is 0.889 bits per heavy atom. The van der Waals surface area contributed by atoms with Crippen LogP contribution in [0.4, 0.5) is 0 Å². The van der Waals surface area contributed by atoms with Crippen molar-refractivity contribution in [1.82, 2.24) is 5.32 Å². The number of halogens is 1. The van der Waals surface area contributed by atoms with Crippen molar-refractivity contribution in [1.29, 1.82) is 0 Å². The maximum atomic E-state index is 7.50. The minimum Gasteiger partial charge on any atom is 0 e. The van der Waals surface area contributed by atoms with E-state index in [1.165, 1.54) is 51.1 Å². The molecule has 8 heteroatoms. The molecule has 1 radical (unpaired) electrons. The minimum absolute atomic E-state index is 0. The Bertz CT molecular complexity index is 339. The van der Waals surface area contributed by atoms with Gasteiger partial charge in [0.05, 0.1) is 0 Å². The van der Waals surface area contributed by atoms with E-state index in [1.54, 1.807) is 0 Å². The topological polar surface area (TPSA) is 71.7 Å². The zero-order valence-corrected chi connectivity index (χ0v) is 21.4. The summed E-state index contributed by atoms with van der Waals surface area (Å²) in [6, 6.07) is 0. The normalized spacial score (nSPS) is 26.4. The molecule has 0 aromatic carbocycles. The first-order valence-electron chi connectivity index (χ1n) is 8.93. The van der Waals surface area contributed by atoms with Gasteiger partial charge < -0.3 is 22.3 Å². The molecule has 0 amide bonds. The van der Waals surface area contributed by atoms with E-state index < -0.39 is 0 Å². The fourth-order valence-corrected chi connectivity index (χ4v) is 10.2. The van der Waals surface area contributed by atoms with Gasteiger partial charge in [0.25, 0.3) is 0 Å². The van der Waals surface area contributed by atoms with Gasteiger partial charge in [-0.2, -0.15) is 0 Å². The molecule has 0 unspecified atom stereocenters. The molecular formula is C19H33BrMnNO3P2-. The second kappa shape index (κ2) is 23.3. The van der Waals surface area contributed by atoms with E-state index in [0.717, 1.165) is 22.6 Å². The molecule has 2 rings (SSSR count). The first-order chi connectivity index (χ1) is 12.1. The molecule has 4 nitrogen and oxygen atoms in total. The maximum Gasteiger partial charge on any atom is 0 e. The van der Waals surface area contributed by atoms with Crippen LogP contribution < -0.4 is 22.3 Å². The average molecular weight is 520 g/mol. The summed E-state index contributed by atoms with van der Waals surface area (Å²) in [6.45, 7) is 26.0. The quantitative estimate of drug-likeness (QED) is 0.187. The largest absolute Gasteiger partial charge is 0 e. The first kappa shape index (κ1) is 35.5. The second-order valence-corrected chi connectivity index (χ2v) is 13.3. The fourth-order valence-electron chi connectivity index (χ4n) is 3.92. The van der Waals surface area contributed by atoms with Gasteiger partial charge in [0, 0.05) is 17.1 Å². The van der Waals surface area contributed by atoms with Crippen molar-refractivity contribution in [2.24, 2.45) is 0 Å². The molecule has 2 saturated heterocycles. The molecule has 2 heterocycles. The molecule has 2 aliphatic rings. The molecule has 157 valence electrons. The number of hydrogen-bond acceptors (Lipinski definition) is 1. The summed E-state index contributed by atoms with van der Waals surface area (Å²) in [5.74, 6) is 0. The van der Waals surface area contributed by atoms with Crippen molar-refractivity contribution in [3.63, 3.8) is 0 Å². The third kappa shape index (κ3) is 13.8. The van der Waals surface area contributed by atoms with Crippen LogP contribution in [0.5, 0.6) is 0 Å². The number of rotatable bonds is 6. The minimum atomic E-state index is 0. The van der Waals surface area contributed by atoms with Crippen LogP contribution in [0, 0.1) is 20.0 Å². The van der Waals surface area contributed by atoms with E-state index in [-0.39, 0.29) is 34.1 Å². The zero-order valence-electron chi connectivity index (χ0n) is 16.8. The Kier molecular flexibility index (Phi) is 30.6.